The van der Waals surface area contributed by atoms with Crippen molar-refractivity contribution >= 4 is 34.9 Å². The molecule has 0 unspecified atom stereocenters. The van der Waals surface area contributed by atoms with Crippen molar-refractivity contribution in [2.45, 2.75) is 0 Å². The highest BCUT2D eigenvalue weighted by Gasteiger charge is 2.26. The van der Waals surface area contributed by atoms with Crippen molar-refractivity contribution in [3.63, 3.8) is 0 Å². The molecule has 0 bridgehead atoms. The van der Waals surface area contributed by atoms with E-state index in [4.69, 9.17) is 4.42 Å². The molecule has 1 fully saturated rings. The predicted octanol–water partition coefficient (Wildman–Crippen LogP) is 3.92. The smallest absolute Gasteiger partial charge is 0.289 e. The number of para-hydroxylation sites is 1. The molecular formula is C25H22N4O3. The topological polar surface area (TPSA) is 82.4 Å². The SMILES string of the molecule is O=C(c1ccc(C=Cc2n[nH]c3ccccc23)cc1)N1CCN(C(=O)c2ccco2)CC1. The largest absolute Gasteiger partial charge is 0.459 e. The number of carbonyl (C=O) groups is 2. The lowest BCUT2D eigenvalue weighted by Gasteiger charge is -2.34. The number of furan rings is 1. The third kappa shape index (κ3) is 3.92. The van der Waals surface area contributed by atoms with E-state index in [1.807, 2.05) is 60.7 Å². The highest BCUT2D eigenvalue weighted by Crippen LogP contribution is 2.18. The van der Waals surface area contributed by atoms with Crippen molar-refractivity contribution in [2.75, 3.05) is 26.2 Å². The minimum Gasteiger partial charge on any atom is -0.459 e. The van der Waals surface area contributed by atoms with E-state index >= 15 is 0 Å². The zero-order chi connectivity index (χ0) is 21.9. The van der Waals surface area contributed by atoms with Crippen LogP contribution in [0.3, 0.4) is 0 Å². The van der Waals surface area contributed by atoms with Gasteiger partial charge in [-0.2, -0.15) is 5.10 Å². The third-order valence-electron chi connectivity index (χ3n) is 5.68. The summed E-state index contributed by atoms with van der Waals surface area (Å²) < 4.78 is 5.18. The van der Waals surface area contributed by atoms with Gasteiger partial charge in [0.25, 0.3) is 11.8 Å². The average Bonchev–Trinajstić information content (AvgIpc) is 3.53. The number of piperazine rings is 1. The molecule has 1 aliphatic heterocycles. The quantitative estimate of drug-likeness (QED) is 0.536. The minimum atomic E-state index is -0.136. The van der Waals surface area contributed by atoms with E-state index in [9.17, 15) is 9.59 Å². The molecule has 0 radical (unpaired) electrons. The summed E-state index contributed by atoms with van der Waals surface area (Å²) >= 11 is 0. The van der Waals surface area contributed by atoms with E-state index in [0.29, 0.717) is 37.5 Å². The Morgan fingerprint density at radius 1 is 0.844 bits per heavy atom. The fourth-order valence-corrected chi connectivity index (χ4v) is 3.87. The Labute approximate surface area is 184 Å². The Morgan fingerprint density at radius 2 is 1.56 bits per heavy atom. The molecule has 4 aromatic rings. The number of carbonyl (C=O) groups excluding carboxylic acids is 2. The Bertz CT molecular complexity index is 1260. The number of aromatic nitrogens is 2. The van der Waals surface area contributed by atoms with Gasteiger partial charge in [0.1, 0.15) is 0 Å². The Balaban J connectivity index is 1.21. The van der Waals surface area contributed by atoms with Crippen LogP contribution in [0.5, 0.6) is 0 Å². The molecular weight excluding hydrogens is 404 g/mol. The first-order valence-corrected chi connectivity index (χ1v) is 10.5. The maximum atomic E-state index is 12.9. The maximum Gasteiger partial charge on any atom is 0.289 e. The lowest BCUT2D eigenvalue weighted by molar-refractivity contribution is 0.0518. The first-order valence-electron chi connectivity index (χ1n) is 10.5. The van der Waals surface area contributed by atoms with E-state index < -0.39 is 0 Å². The second-order valence-corrected chi connectivity index (χ2v) is 7.67. The number of aromatic amines is 1. The van der Waals surface area contributed by atoms with E-state index in [1.165, 1.54) is 6.26 Å². The van der Waals surface area contributed by atoms with Crippen molar-refractivity contribution in [1.29, 1.82) is 0 Å². The van der Waals surface area contributed by atoms with Crippen molar-refractivity contribution in [2.24, 2.45) is 0 Å². The lowest BCUT2D eigenvalue weighted by Crippen LogP contribution is -2.50. The van der Waals surface area contributed by atoms with Gasteiger partial charge in [-0.3, -0.25) is 14.7 Å². The summed E-state index contributed by atoms with van der Waals surface area (Å²) in [6.07, 6.45) is 5.43. The molecule has 3 heterocycles. The zero-order valence-corrected chi connectivity index (χ0v) is 17.4. The Morgan fingerprint density at radius 3 is 2.28 bits per heavy atom. The van der Waals surface area contributed by atoms with E-state index in [0.717, 1.165) is 22.2 Å². The number of H-pyrrole nitrogens is 1. The van der Waals surface area contributed by atoms with Crippen LogP contribution in [-0.2, 0) is 0 Å². The number of hydrogen-bond donors (Lipinski definition) is 1. The Kier molecular flexibility index (Phi) is 5.29. The van der Waals surface area contributed by atoms with E-state index in [2.05, 4.69) is 10.2 Å². The molecule has 160 valence electrons. The molecule has 0 aliphatic carbocycles. The number of fused-ring (bicyclic) bond motifs is 1. The van der Waals surface area contributed by atoms with Crippen LogP contribution in [-0.4, -0.2) is 58.0 Å². The van der Waals surface area contributed by atoms with Gasteiger partial charge in [-0.1, -0.05) is 36.4 Å². The highest BCUT2D eigenvalue weighted by molar-refractivity contribution is 5.95. The normalized spacial score (nSPS) is 14.4. The number of rotatable bonds is 4. The van der Waals surface area contributed by atoms with Crippen molar-refractivity contribution in [3.8, 4) is 0 Å². The van der Waals surface area contributed by atoms with Crippen molar-refractivity contribution < 1.29 is 14.0 Å². The summed E-state index contributed by atoms with van der Waals surface area (Å²) in [6, 6.07) is 18.9. The van der Waals surface area contributed by atoms with Gasteiger partial charge < -0.3 is 14.2 Å². The van der Waals surface area contributed by atoms with Gasteiger partial charge >= 0.3 is 0 Å². The minimum absolute atomic E-state index is 0.0241. The van der Waals surface area contributed by atoms with E-state index in [1.54, 1.807) is 21.9 Å². The standard InChI is InChI=1S/C25H22N4O3/c30-24(28-13-15-29(16-14-28)25(31)23-6-3-17-32-23)19-10-7-18(8-11-19)9-12-22-20-4-1-2-5-21(20)26-27-22/h1-12,17H,13-16H2,(H,26,27). The van der Waals surface area contributed by atoms with Crippen LogP contribution in [0.1, 0.15) is 32.2 Å². The van der Waals surface area contributed by atoms with Crippen LogP contribution in [0.15, 0.2) is 71.3 Å². The number of nitrogens with one attached hydrogen (secondary N) is 1. The summed E-state index contributed by atoms with van der Waals surface area (Å²) in [5.74, 6) is 0.170. The van der Waals surface area contributed by atoms with Gasteiger partial charge in [0, 0.05) is 37.1 Å². The molecule has 0 atom stereocenters. The van der Waals surface area contributed by atoms with Gasteiger partial charge in [0.05, 0.1) is 17.5 Å². The van der Waals surface area contributed by atoms with Gasteiger partial charge in [-0.05, 0) is 42.0 Å². The zero-order valence-electron chi connectivity index (χ0n) is 17.4. The van der Waals surface area contributed by atoms with Crippen LogP contribution < -0.4 is 0 Å². The molecule has 7 nitrogen and oxygen atoms in total. The summed E-state index contributed by atoms with van der Waals surface area (Å²) in [5, 5.41) is 8.44. The monoisotopic (exact) mass is 426 g/mol. The van der Waals surface area contributed by atoms with Crippen molar-refractivity contribution in [3.05, 3.63) is 89.5 Å². The van der Waals surface area contributed by atoms with Crippen molar-refractivity contribution in [1.82, 2.24) is 20.0 Å². The molecule has 7 heteroatoms. The van der Waals surface area contributed by atoms with Gasteiger partial charge in [-0.25, -0.2) is 0 Å². The van der Waals surface area contributed by atoms with Crippen LogP contribution in [0, 0.1) is 0 Å². The van der Waals surface area contributed by atoms with Crippen LogP contribution in [0.4, 0.5) is 0 Å². The van der Waals surface area contributed by atoms with Gasteiger partial charge in [0.15, 0.2) is 5.76 Å². The molecule has 1 aliphatic rings. The van der Waals surface area contributed by atoms with Crippen LogP contribution >= 0.6 is 0 Å². The molecule has 0 spiro atoms. The number of amides is 2. The second kappa shape index (κ2) is 8.55. The van der Waals surface area contributed by atoms with Crippen LogP contribution in [0.25, 0.3) is 23.1 Å². The first kappa shape index (κ1) is 19.8. The summed E-state index contributed by atoms with van der Waals surface area (Å²) in [7, 11) is 0. The summed E-state index contributed by atoms with van der Waals surface area (Å²) in [4.78, 5) is 28.8. The average molecular weight is 426 g/mol. The highest BCUT2D eigenvalue weighted by atomic mass is 16.3. The first-order chi connectivity index (χ1) is 15.7. The molecule has 2 amide bonds. The number of hydrogen-bond acceptors (Lipinski definition) is 4. The van der Waals surface area contributed by atoms with Gasteiger partial charge in [-0.15, -0.1) is 0 Å². The maximum absolute atomic E-state index is 12.9. The molecule has 32 heavy (non-hydrogen) atoms. The number of benzene rings is 2. The molecule has 1 saturated heterocycles. The fourth-order valence-electron chi connectivity index (χ4n) is 3.87. The number of nitrogens with zero attached hydrogens (tertiary/aromatic N) is 3. The fraction of sp³-hybridized carbons (Fsp3) is 0.160. The predicted molar refractivity (Wildman–Crippen MR) is 122 cm³/mol. The summed E-state index contributed by atoms with van der Waals surface area (Å²) in [5.41, 5.74) is 3.50. The Hall–Kier alpha value is -4.13. The van der Waals surface area contributed by atoms with Gasteiger partial charge in [0.2, 0.25) is 0 Å². The molecule has 2 aromatic carbocycles. The third-order valence-corrected chi connectivity index (χ3v) is 5.68. The molecule has 1 N–H and O–H groups in total. The summed E-state index contributed by atoms with van der Waals surface area (Å²) in [6.45, 7) is 1.98. The molecule has 0 saturated carbocycles. The van der Waals surface area contributed by atoms with Crippen LogP contribution in [0.2, 0.25) is 0 Å². The lowest BCUT2D eigenvalue weighted by atomic mass is 10.1. The molecule has 5 rings (SSSR count). The second-order valence-electron chi connectivity index (χ2n) is 7.67. The molecule has 2 aromatic heterocycles. The van der Waals surface area contributed by atoms with E-state index in [-0.39, 0.29) is 11.8 Å².